The number of rotatable bonds is 1. The fourth-order valence-corrected chi connectivity index (χ4v) is 3.60. The summed E-state index contributed by atoms with van der Waals surface area (Å²) >= 11 is 0. The number of hydrogen-bond acceptors (Lipinski definition) is 2. The molecule has 1 aromatic carbocycles. The van der Waals surface area contributed by atoms with Crippen LogP contribution in [0, 0.1) is 0 Å². The van der Waals surface area contributed by atoms with E-state index in [0.717, 1.165) is 17.0 Å². The molecule has 0 radical (unpaired) electrons. The van der Waals surface area contributed by atoms with Crippen LogP contribution in [0.1, 0.15) is 0 Å². The van der Waals surface area contributed by atoms with Crippen molar-refractivity contribution in [2.24, 2.45) is 0 Å². The molecule has 0 aromatic heterocycles. The molecule has 82 valence electrons. The van der Waals surface area contributed by atoms with E-state index in [1.54, 1.807) is 6.07 Å². The van der Waals surface area contributed by atoms with Crippen LogP contribution in [-0.4, -0.2) is 21.3 Å². The van der Waals surface area contributed by atoms with E-state index in [1.807, 2.05) is 0 Å². The number of halogens is 3. The molecule has 0 spiro atoms. The summed E-state index contributed by atoms with van der Waals surface area (Å²) in [5.74, 6) is -0.121. The quantitative estimate of drug-likeness (QED) is 0.744. The van der Waals surface area contributed by atoms with Crippen molar-refractivity contribution in [1.82, 2.24) is 0 Å². The molecule has 1 heterocycles. The van der Waals surface area contributed by atoms with Crippen molar-refractivity contribution in [2.45, 2.75) is 12.9 Å². The van der Waals surface area contributed by atoms with Gasteiger partial charge in [-0.05, 0) is 23.4 Å². The highest BCUT2D eigenvalue weighted by molar-refractivity contribution is 6.75. The predicted octanol–water partition coefficient (Wildman–Crippen LogP) is 1.61. The molecule has 6 heteroatoms. The van der Waals surface area contributed by atoms with Crippen LogP contribution in [0.15, 0.2) is 18.2 Å². The molecule has 0 fully saturated rings. The normalized spacial score (nSPS) is 19.6. The third kappa shape index (κ3) is 2.25. The lowest BCUT2D eigenvalue weighted by Gasteiger charge is -2.10. The summed E-state index contributed by atoms with van der Waals surface area (Å²) in [6, 6.07) is 4.48. The van der Waals surface area contributed by atoms with E-state index in [1.165, 1.54) is 12.1 Å². The molecule has 1 aliphatic rings. The van der Waals surface area contributed by atoms with Crippen molar-refractivity contribution in [1.29, 1.82) is 0 Å². The Kier molecular flexibility index (Phi) is 2.38. The molecular weight excluding hydrogens is 223 g/mol. The molecule has 15 heavy (non-hydrogen) atoms. The van der Waals surface area contributed by atoms with Gasteiger partial charge < -0.3 is 10.1 Å². The van der Waals surface area contributed by atoms with Crippen LogP contribution in [0.2, 0.25) is 6.55 Å². The molecule has 2 rings (SSSR count). The molecule has 0 amide bonds. The van der Waals surface area contributed by atoms with Gasteiger partial charge in [0.1, 0.15) is 5.75 Å². The Morgan fingerprint density at radius 1 is 1.40 bits per heavy atom. The van der Waals surface area contributed by atoms with E-state index in [4.69, 9.17) is 0 Å². The summed E-state index contributed by atoms with van der Waals surface area (Å²) in [4.78, 5) is 0. The summed E-state index contributed by atoms with van der Waals surface area (Å²) in [6.07, 6.45) is -3.71. The zero-order valence-electron chi connectivity index (χ0n) is 8.06. The topological polar surface area (TPSA) is 21.3 Å². The first-order valence-corrected chi connectivity index (χ1v) is 7.14. The molecule has 2 nitrogen and oxygen atoms in total. The van der Waals surface area contributed by atoms with Gasteiger partial charge in [-0.3, -0.25) is 0 Å². The minimum atomic E-state index is -4.61. The van der Waals surface area contributed by atoms with E-state index in [0.29, 0.717) is 0 Å². The summed E-state index contributed by atoms with van der Waals surface area (Å²) < 4.78 is 39.8. The zero-order chi connectivity index (χ0) is 11.1. The average molecular weight is 233 g/mol. The third-order valence-corrected chi connectivity index (χ3v) is 4.74. The van der Waals surface area contributed by atoms with Crippen LogP contribution in [0.3, 0.4) is 0 Å². The molecule has 1 atom stereocenters. The number of hydrogen-bond donors (Lipinski definition) is 1. The lowest BCUT2D eigenvalue weighted by molar-refractivity contribution is -0.274. The van der Waals surface area contributed by atoms with Crippen molar-refractivity contribution >= 4 is 19.7 Å². The molecule has 0 aliphatic carbocycles. The van der Waals surface area contributed by atoms with Crippen molar-refractivity contribution in [3.8, 4) is 5.75 Å². The highest BCUT2D eigenvalue weighted by Gasteiger charge is 2.31. The van der Waals surface area contributed by atoms with Gasteiger partial charge >= 0.3 is 6.36 Å². The Hall–Kier alpha value is -1.17. The van der Waals surface area contributed by atoms with Crippen molar-refractivity contribution < 1.29 is 17.9 Å². The van der Waals surface area contributed by atoms with Crippen molar-refractivity contribution in [3.63, 3.8) is 0 Å². The maximum absolute atomic E-state index is 12.0. The Morgan fingerprint density at radius 2 is 2.13 bits per heavy atom. The molecule has 1 N–H and O–H groups in total. The molecule has 0 saturated heterocycles. The zero-order valence-corrected chi connectivity index (χ0v) is 9.21. The Bertz CT molecular complexity index is 380. The second kappa shape index (κ2) is 3.44. The second-order valence-corrected chi connectivity index (χ2v) is 6.41. The number of fused-ring (bicyclic) bond motifs is 1. The lowest BCUT2D eigenvalue weighted by atomic mass is 10.3. The van der Waals surface area contributed by atoms with Crippen LogP contribution < -0.4 is 15.2 Å². The Balaban J connectivity index is 2.26. The van der Waals surface area contributed by atoms with Crippen molar-refractivity contribution in [3.05, 3.63) is 18.2 Å². The maximum Gasteiger partial charge on any atom is 0.573 e. The first-order valence-electron chi connectivity index (χ1n) is 4.59. The van der Waals surface area contributed by atoms with Crippen LogP contribution in [0.25, 0.3) is 0 Å². The first-order chi connectivity index (χ1) is 6.96. The minimum absolute atomic E-state index is 0.121. The average Bonchev–Trinajstić information content (AvgIpc) is 2.45. The second-order valence-electron chi connectivity index (χ2n) is 3.58. The van der Waals surface area contributed by atoms with Gasteiger partial charge in [-0.1, -0.05) is 6.55 Å². The molecule has 1 unspecified atom stereocenters. The van der Waals surface area contributed by atoms with Gasteiger partial charge in [0.25, 0.3) is 0 Å². The van der Waals surface area contributed by atoms with E-state index < -0.39 is 15.2 Å². The number of alkyl halides is 3. The predicted molar refractivity (Wildman–Crippen MR) is 54.3 cm³/mol. The highest BCUT2D eigenvalue weighted by atomic mass is 28.3. The third-order valence-electron chi connectivity index (χ3n) is 2.39. The molecule has 1 aromatic rings. The summed E-state index contributed by atoms with van der Waals surface area (Å²) in [5.41, 5.74) is 0.948. The number of nitrogens with one attached hydrogen (secondary N) is 1. The number of ether oxygens (including phenoxy) is 1. The molecule has 1 aliphatic heterocycles. The summed E-state index contributed by atoms with van der Waals surface area (Å²) in [5, 5.41) is 4.18. The van der Waals surface area contributed by atoms with Gasteiger partial charge in [-0.25, -0.2) is 0 Å². The van der Waals surface area contributed by atoms with Gasteiger partial charge in [-0.2, -0.15) is 0 Å². The van der Waals surface area contributed by atoms with Gasteiger partial charge in [0, 0.05) is 11.9 Å². The standard InChI is InChI=1S/C9H10F3NOSi/c1-15-5-13-7-3-2-6(4-8(7)15)14-9(10,11)12/h2-4,13,15H,5H2,1H3. The number of benzene rings is 1. The summed E-state index contributed by atoms with van der Waals surface area (Å²) in [7, 11) is -1.10. The Labute approximate surface area is 86.7 Å². The fourth-order valence-electron chi connectivity index (χ4n) is 1.68. The monoisotopic (exact) mass is 233 g/mol. The largest absolute Gasteiger partial charge is 0.573 e. The van der Waals surface area contributed by atoms with E-state index in [2.05, 4.69) is 16.6 Å². The van der Waals surface area contributed by atoms with Gasteiger partial charge in [0.2, 0.25) is 0 Å². The summed E-state index contributed by atoms with van der Waals surface area (Å²) in [6.45, 7) is 2.09. The molecule has 0 saturated carbocycles. The lowest BCUT2D eigenvalue weighted by Crippen LogP contribution is -2.26. The first kappa shape index (κ1) is 10.3. The van der Waals surface area contributed by atoms with Crippen LogP contribution >= 0.6 is 0 Å². The molecule has 0 bridgehead atoms. The minimum Gasteiger partial charge on any atom is -0.406 e. The van der Waals surface area contributed by atoms with Crippen molar-refractivity contribution in [2.75, 3.05) is 11.5 Å². The van der Waals surface area contributed by atoms with Gasteiger partial charge in [-0.15, -0.1) is 13.2 Å². The smallest absolute Gasteiger partial charge is 0.406 e. The van der Waals surface area contributed by atoms with E-state index in [9.17, 15) is 13.2 Å². The van der Waals surface area contributed by atoms with Crippen LogP contribution in [0.4, 0.5) is 18.9 Å². The van der Waals surface area contributed by atoms with E-state index in [-0.39, 0.29) is 5.75 Å². The Morgan fingerprint density at radius 3 is 2.80 bits per heavy atom. The number of anilines is 1. The van der Waals surface area contributed by atoms with Crippen LogP contribution in [-0.2, 0) is 0 Å². The maximum atomic E-state index is 12.0. The van der Waals surface area contributed by atoms with Crippen LogP contribution in [0.5, 0.6) is 5.75 Å². The van der Waals surface area contributed by atoms with E-state index >= 15 is 0 Å². The van der Waals surface area contributed by atoms with Gasteiger partial charge in [0.05, 0.1) is 8.80 Å². The van der Waals surface area contributed by atoms with Gasteiger partial charge in [0.15, 0.2) is 0 Å². The SMILES string of the molecule is C[SiH]1CNc2ccc(OC(F)(F)F)cc21. The highest BCUT2D eigenvalue weighted by Crippen LogP contribution is 2.24. The fraction of sp³-hybridized carbons (Fsp3) is 0.333. The molecular formula is C9H10F3NOSi.